The first-order valence-electron chi connectivity index (χ1n) is 7.64. The van der Waals surface area contributed by atoms with Crippen molar-refractivity contribution in [1.29, 1.82) is 0 Å². The van der Waals surface area contributed by atoms with Crippen LogP contribution in [0.2, 0.25) is 0 Å². The van der Waals surface area contributed by atoms with Gasteiger partial charge in [-0.25, -0.2) is 4.98 Å². The Kier molecular flexibility index (Phi) is 3.45. The van der Waals surface area contributed by atoms with E-state index in [0.29, 0.717) is 6.54 Å². The van der Waals surface area contributed by atoms with Gasteiger partial charge in [-0.15, -0.1) is 0 Å². The van der Waals surface area contributed by atoms with Gasteiger partial charge < -0.3 is 9.47 Å². The lowest BCUT2D eigenvalue weighted by atomic mass is 10.2. The minimum Gasteiger partial charge on any atom is -0.319 e. The van der Waals surface area contributed by atoms with E-state index in [1.54, 1.807) is 0 Å². The maximum atomic E-state index is 12.8. The van der Waals surface area contributed by atoms with E-state index < -0.39 is 0 Å². The fraction of sp³-hybridized carbons (Fsp3) is 0.222. The third-order valence-electron chi connectivity index (χ3n) is 4.38. The maximum Gasteiger partial charge on any atom is 0.247 e. The van der Waals surface area contributed by atoms with Crippen molar-refractivity contribution >= 4 is 38.6 Å². The molecule has 4 nitrogen and oxygen atoms in total. The molecule has 0 aliphatic carbocycles. The second kappa shape index (κ2) is 5.49. The second-order valence-electron chi connectivity index (χ2n) is 5.80. The Morgan fingerprint density at radius 2 is 2.09 bits per heavy atom. The summed E-state index contributed by atoms with van der Waals surface area (Å²) in [5.74, 6) is 0.979. The van der Waals surface area contributed by atoms with Crippen molar-refractivity contribution in [2.75, 3.05) is 11.4 Å². The summed E-state index contributed by atoms with van der Waals surface area (Å²) >= 11 is 3.49. The first kappa shape index (κ1) is 14.5. The Labute approximate surface area is 142 Å². The molecular formula is C18H16BrN3O. The molecule has 1 aliphatic rings. The molecule has 0 saturated carbocycles. The van der Waals surface area contributed by atoms with Crippen LogP contribution in [0, 0.1) is 6.92 Å². The molecule has 3 aromatic rings. The Bertz CT molecular complexity index is 916. The minimum atomic E-state index is 0.109. The van der Waals surface area contributed by atoms with Gasteiger partial charge in [-0.05, 0) is 49.2 Å². The predicted molar refractivity (Wildman–Crippen MR) is 94.7 cm³/mol. The van der Waals surface area contributed by atoms with Crippen LogP contribution in [0.5, 0.6) is 0 Å². The Balaban J connectivity index is 1.65. The van der Waals surface area contributed by atoms with E-state index in [1.807, 2.05) is 52.8 Å². The number of amides is 1. The van der Waals surface area contributed by atoms with Gasteiger partial charge in [-0.1, -0.05) is 28.1 Å². The number of anilines is 1. The van der Waals surface area contributed by atoms with Crippen LogP contribution in [0.4, 0.5) is 5.69 Å². The molecule has 1 amide bonds. The normalized spacial score (nSPS) is 13.6. The van der Waals surface area contributed by atoms with Gasteiger partial charge in [-0.2, -0.15) is 0 Å². The Hall–Kier alpha value is -2.14. The van der Waals surface area contributed by atoms with E-state index in [2.05, 4.69) is 27.0 Å². The van der Waals surface area contributed by atoms with Crippen molar-refractivity contribution in [2.45, 2.75) is 19.9 Å². The topological polar surface area (TPSA) is 38.1 Å². The number of para-hydroxylation sites is 2. The molecule has 0 radical (unpaired) electrons. The number of halogens is 1. The van der Waals surface area contributed by atoms with Crippen LogP contribution in [-0.2, 0) is 17.8 Å². The van der Waals surface area contributed by atoms with Gasteiger partial charge in [0.2, 0.25) is 5.91 Å². The minimum absolute atomic E-state index is 0.109. The zero-order valence-corrected chi connectivity index (χ0v) is 14.4. The largest absolute Gasteiger partial charge is 0.319 e. The molecule has 0 bridgehead atoms. The monoisotopic (exact) mass is 369 g/mol. The Morgan fingerprint density at radius 1 is 1.26 bits per heavy atom. The third-order valence-corrected chi connectivity index (χ3v) is 4.87. The van der Waals surface area contributed by atoms with Gasteiger partial charge in [0.25, 0.3) is 0 Å². The molecule has 0 atom stereocenters. The van der Waals surface area contributed by atoms with Crippen molar-refractivity contribution in [1.82, 2.24) is 9.55 Å². The lowest BCUT2D eigenvalue weighted by Gasteiger charge is -2.18. The molecule has 23 heavy (non-hydrogen) atoms. The molecule has 2 aromatic carbocycles. The van der Waals surface area contributed by atoms with E-state index in [-0.39, 0.29) is 5.91 Å². The highest BCUT2D eigenvalue weighted by molar-refractivity contribution is 9.10. The highest BCUT2D eigenvalue weighted by Gasteiger charge is 2.25. The predicted octanol–water partition coefficient (Wildman–Crippen LogP) is 3.70. The number of nitrogens with zero attached hydrogens (tertiary/aromatic N) is 3. The summed E-state index contributed by atoms with van der Waals surface area (Å²) in [6, 6.07) is 14.0. The summed E-state index contributed by atoms with van der Waals surface area (Å²) in [5, 5.41) is 0. The fourth-order valence-electron chi connectivity index (χ4n) is 3.25. The molecule has 0 saturated heterocycles. The molecule has 0 spiro atoms. The average Bonchev–Trinajstić information content (AvgIpc) is 3.08. The summed E-state index contributed by atoms with van der Waals surface area (Å²) in [6.45, 7) is 3.01. The maximum absolute atomic E-state index is 12.8. The van der Waals surface area contributed by atoms with Crippen LogP contribution in [-0.4, -0.2) is 22.0 Å². The standard InChI is InChI=1S/C18H16BrN3O/c1-12-20-15-4-2-3-5-17(15)22(12)11-18(23)21-9-8-13-10-14(19)6-7-16(13)21/h2-7,10H,8-9,11H2,1H3. The number of rotatable bonds is 2. The van der Waals surface area contributed by atoms with E-state index >= 15 is 0 Å². The SMILES string of the molecule is Cc1nc2ccccc2n1CC(=O)N1CCc2cc(Br)ccc21. The molecule has 0 N–H and O–H groups in total. The number of imidazole rings is 1. The van der Waals surface area contributed by atoms with Gasteiger partial charge in [-0.3, -0.25) is 4.79 Å². The summed E-state index contributed by atoms with van der Waals surface area (Å²) in [7, 11) is 0. The first-order chi connectivity index (χ1) is 11.1. The number of aromatic nitrogens is 2. The lowest BCUT2D eigenvalue weighted by molar-refractivity contribution is -0.119. The van der Waals surface area contributed by atoms with Gasteiger partial charge in [0.15, 0.2) is 0 Å². The van der Waals surface area contributed by atoms with Crippen molar-refractivity contribution < 1.29 is 4.79 Å². The van der Waals surface area contributed by atoms with Gasteiger partial charge in [0.1, 0.15) is 12.4 Å². The molecule has 4 rings (SSSR count). The van der Waals surface area contributed by atoms with Crippen LogP contribution in [0.3, 0.4) is 0 Å². The van der Waals surface area contributed by atoms with E-state index in [4.69, 9.17) is 0 Å². The van der Waals surface area contributed by atoms with Crippen molar-refractivity contribution in [2.24, 2.45) is 0 Å². The van der Waals surface area contributed by atoms with E-state index in [0.717, 1.165) is 40.0 Å². The van der Waals surface area contributed by atoms with Crippen molar-refractivity contribution in [3.05, 3.63) is 58.3 Å². The molecule has 1 aliphatic heterocycles. The van der Waals surface area contributed by atoms with Crippen LogP contribution >= 0.6 is 15.9 Å². The molecule has 5 heteroatoms. The molecule has 0 fully saturated rings. The zero-order chi connectivity index (χ0) is 16.0. The van der Waals surface area contributed by atoms with E-state index in [1.165, 1.54) is 5.56 Å². The summed E-state index contributed by atoms with van der Waals surface area (Å²) in [5.41, 5.74) is 4.19. The smallest absolute Gasteiger partial charge is 0.247 e. The molecule has 0 unspecified atom stereocenters. The fourth-order valence-corrected chi connectivity index (χ4v) is 3.65. The molecule has 116 valence electrons. The summed E-state index contributed by atoms with van der Waals surface area (Å²) < 4.78 is 3.05. The summed E-state index contributed by atoms with van der Waals surface area (Å²) in [6.07, 6.45) is 0.907. The highest BCUT2D eigenvalue weighted by Crippen LogP contribution is 2.31. The van der Waals surface area contributed by atoms with E-state index in [9.17, 15) is 4.79 Å². The molecular weight excluding hydrogens is 354 g/mol. The first-order valence-corrected chi connectivity index (χ1v) is 8.43. The van der Waals surface area contributed by atoms with Gasteiger partial charge in [0, 0.05) is 16.7 Å². The molecule has 1 aromatic heterocycles. The highest BCUT2D eigenvalue weighted by atomic mass is 79.9. The Morgan fingerprint density at radius 3 is 2.96 bits per heavy atom. The quantitative estimate of drug-likeness (QED) is 0.690. The number of fused-ring (bicyclic) bond motifs is 2. The third kappa shape index (κ3) is 2.45. The number of benzene rings is 2. The van der Waals surface area contributed by atoms with Crippen LogP contribution in [0.15, 0.2) is 46.9 Å². The van der Waals surface area contributed by atoms with Crippen LogP contribution in [0.1, 0.15) is 11.4 Å². The zero-order valence-electron chi connectivity index (χ0n) is 12.8. The number of carbonyl (C=O) groups excluding carboxylic acids is 1. The van der Waals surface area contributed by atoms with Crippen LogP contribution < -0.4 is 4.90 Å². The average molecular weight is 370 g/mol. The van der Waals surface area contributed by atoms with Gasteiger partial charge >= 0.3 is 0 Å². The van der Waals surface area contributed by atoms with Crippen LogP contribution in [0.25, 0.3) is 11.0 Å². The van der Waals surface area contributed by atoms with Crippen molar-refractivity contribution in [3.8, 4) is 0 Å². The van der Waals surface area contributed by atoms with Gasteiger partial charge in [0.05, 0.1) is 11.0 Å². The second-order valence-corrected chi connectivity index (χ2v) is 6.72. The number of carbonyl (C=O) groups is 1. The number of hydrogen-bond acceptors (Lipinski definition) is 2. The summed E-state index contributed by atoms with van der Waals surface area (Å²) in [4.78, 5) is 19.2. The van der Waals surface area contributed by atoms with Crippen molar-refractivity contribution in [3.63, 3.8) is 0 Å². The lowest BCUT2D eigenvalue weighted by Crippen LogP contribution is -2.32. The number of aryl methyl sites for hydroxylation is 1. The number of hydrogen-bond donors (Lipinski definition) is 0. The molecule has 2 heterocycles.